The van der Waals surface area contributed by atoms with Gasteiger partial charge in [-0.1, -0.05) is 30.3 Å². The molecule has 116 valence electrons. The summed E-state index contributed by atoms with van der Waals surface area (Å²) >= 11 is 0. The molecule has 0 fully saturated rings. The fourth-order valence-electron chi connectivity index (χ4n) is 1.74. The van der Waals surface area contributed by atoms with Crippen LogP contribution in [0.4, 0.5) is 13.6 Å². The molecule has 2 aromatic rings. The fraction of sp³-hybridized carbons (Fsp3) is 0.188. The number of hydrogen-bond acceptors (Lipinski definition) is 2. The molecule has 6 heteroatoms. The molecule has 2 aromatic carbocycles. The monoisotopic (exact) mass is 306 g/mol. The third kappa shape index (κ3) is 5.05. The third-order valence-corrected chi connectivity index (χ3v) is 2.84. The minimum absolute atomic E-state index is 0.157. The molecule has 0 saturated carbocycles. The summed E-state index contributed by atoms with van der Waals surface area (Å²) in [6.07, 6.45) is 0. The summed E-state index contributed by atoms with van der Waals surface area (Å²) in [7, 11) is 0. The Kier molecular flexibility index (Phi) is 5.71. The molecule has 0 aliphatic carbocycles. The van der Waals surface area contributed by atoms with E-state index >= 15 is 0 Å². The Morgan fingerprint density at radius 3 is 2.50 bits per heavy atom. The lowest BCUT2D eigenvalue weighted by molar-refractivity contribution is 0.236. The minimum Gasteiger partial charge on any atom is -0.492 e. The number of carbonyl (C=O) groups excluding carboxylic acids is 1. The smallest absolute Gasteiger partial charge is 0.315 e. The summed E-state index contributed by atoms with van der Waals surface area (Å²) in [5, 5.41) is 5.31. The molecule has 0 aromatic heterocycles. The Hall–Kier alpha value is -2.63. The summed E-state index contributed by atoms with van der Waals surface area (Å²) in [4.78, 5) is 11.5. The Morgan fingerprint density at radius 1 is 1.00 bits per heavy atom. The first-order valence-corrected chi connectivity index (χ1v) is 6.78. The average Bonchev–Trinajstić information content (AvgIpc) is 2.54. The van der Waals surface area contributed by atoms with Crippen molar-refractivity contribution < 1.29 is 18.3 Å². The minimum atomic E-state index is -0.967. The molecule has 2 amide bonds. The van der Waals surface area contributed by atoms with Gasteiger partial charge in [-0.05, 0) is 17.7 Å². The second kappa shape index (κ2) is 7.97. The van der Waals surface area contributed by atoms with Gasteiger partial charge in [0.1, 0.15) is 12.4 Å². The van der Waals surface area contributed by atoms with Gasteiger partial charge in [-0.3, -0.25) is 0 Å². The number of nitrogens with one attached hydrogen (secondary N) is 2. The molecule has 0 bridgehead atoms. The predicted octanol–water partition coefficient (Wildman–Crippen LogP) is 2.84. The molecule has 0 spiro atoms. The van der Waals surface area contributed by atoms with Crippen LogP contribution < -0.4 is 15.4 Å². The lowest BCUT2D eigenvalue weighted by Gasteiger charge is -2.09. The van der Waals surface area contributed by atoms with Gasteiger partial charge in [0, 0.05) is 12.6 Å². The molecule has 0 heterocycles. The molecular weight excluding hydrogens is 290 g/mol. The molecule has 0 aliphatic heterocycles. The first kappa shape index (κ1) is 15.8. The lowest BCUT2D eigenvalue weighted by atomic mass is 10.2. The van der Waals surface area contributed by atoms with Crippen LogP contribution in [0.5, 0.6) is 5.75 Å². The maximum absolute atomic E-state index is 12.9. The van der Waals surface area contributed by atoms with Crippen LogP contribution in [0.2, 0.25) is 0 Å². The van der Waals surface area contributed by atoms with Crippen LogP contribution in [0, 0.1) is 11.6 Å². The zero-order chi connectivity index (χ0) is 15.8. The van der Waals surface area contributed by atoms with Gasteiger partial charge in [-0.2, -0.15) is 0 Å². The molecule has 0 unspecified atom stereocenters. The van der Waals surface area contributed by atoms with Gasteiger partial charge in [0.05, 0.1) is 6.54 Å². The molecule has 0 saturated heterocycles. The first-order valence-electron chi connectivity index (χ1n) is 6.78. The number of benzene rings is 2. The molecule has 2 rings (SSSR count). The Morgan fingerprint density at radius 2 is 1.77 bits per heavy atom. The van der Waals surface area contributed by atoms with E-state index in [1.165, 1.54) is 6.07 Å². The van der Waals surface area contributed by atoms with Gasteiger partial charge in [-0.15, -0.1) is 0 Å². The molecule has 4 nitrogen and oxygen atoms in total. The Bertz CT molecular complexity index is 621. The highest BCUT2D eigenvalue weighted by molar-refractivity contribution is 5.73. The number of rotatable bonds is 6. The van der Waals surface area contributed by atoms with Crippen LogP contribution in [-0.2, 0) is 6.54 Å². The summed E-state index contributed by atoms with van der Waals surface area (Å²) < 4.78 is 30.9. The molecule has 2 N–H and O–H groups in total. The van der Waals surface area contributed by atoms with E-state index in [1.807, 2.05) is 30.3 Å². The Labute approximate surface area is 127 Å². The van der Waals surface area contributed by atoms with Crippen molar-refractivity contribution in [1.82, 2.24) is 10.6 Å². The third-order valence-electron chi connectivity index (χ3n) is 2.84. The van der Waals surface area contributed by atoms with E-state index in [-0.39, 0.29) is 24.9 Å². The fourth-order valence-corrected chi connectivity index (χ4v) is 1.74. The highest BCUT2D eigenvalue weighted by Gasteiger charge is 2.04. The van der Waals surface area contributed by atoms with Gasteiger partial charge in [0.2, 0.25) is 0 Å². The summed E-state index contributed by atoms with van der Waals surface area (Å²) in [5.41, 5.74) is 0.996. The standard InChI is InChI=1S/C16H16F2N2O2/c17-14-7-6-13(10-15(14)18)22-9-8-19-16(21)20-11-12-4-2-1-3-5-12/h1-7,10H,8-9,11H2,(H2,19,20,21). The molecule has 0 atom stereocenters. The van der Waals surface area contributed by atoms with E-state index in [9.17, 15) is 13.6 Å². The summed E-state index contributed by atoms with van der Waals surface area (Å²) in [5.74, 6) is -1.68. The average molecular weight is 306 g/mol. The number of ether oxygens (including phenoxy) is 1. The lowest BCUT2D eigenvalue weighted by Crippen LogP contribution is -2.37. The quantitative estimate of drug-likeness (QED) is 0.806. The van der Waals surface area contributed by atoms with E-state index in [1.54, 1.807) is 0 Å². The van der Waals surface area contributed by atoms with Gasteiger partial charge in [0.15, 0.2) is 11.6 Å². The van der Waals surface area contributed by atoms with Crippen LogP contribution in [0.15, 0.2) is 48.5 Å². The second-order valence-electron chi connectivity index (χ2n) is 4.52. The number of amides is 2. The number of urea groups is 1. The van der Waals surface area contributed by atoms with Crippen molar-refractivity contribution in [3.8, 4) is 5.75 Å². The van der Waals surface area contributed by atoms with E-state index in [0.717, 1.165) is 17.7 Å². The van der Waals surface area contributed by atoms with E-state index in [4.69, 9.17) is 4.74 Å². The summed E-state index contributed by atoms with van der Waals surface area (Å²) in [6, 6.07) is 12.5. The van der Waals surface area contributed by atoms with Crippen molar-refractivity contribution in [1.29, 1.82) is 0 Å². The largest absolute Gasteiger partial charge is 0.492 e. The number of halogens is 2. The molecule has 0 radical (unpaired) electrons. The van der Waals surface area contributed by atoms with Crippen molar-refractivity contribution in [3.63, 3.8) is 0 Å². The van der Waals surface area contributed by atoms with Crippen molar-refractivity contribution in [2.24, 2.45) is 0 Å². The number of hydrogen-bond donors (Lipinski definition) is 2. The predicted molar refractivity (Wildman–Crippen MR) is 78.5 cm³/mol. The highest BCUT2D eigenvalue weighted by atomic mass is 19.2. The zero-order valence-corrected chi connectivity index (χ0v) is 11.8. The van der Waals surface area contributed by atoms with Crippen LogP contribution in [0.25, 0.3) is 0 Å². The maximum Gasteiger partial charge on any atom is 0.315 e. The maximum atomic E-state index is 12.9. The number of carbonyl (C=O) groups is 1. The van der Waals surface area contributed by atoms with E-state index < -0.39 is 11.6 Å². The first-order chi connectivity index (χ1) is 10.6. The van der Waals surface area contributed by atoms with Crippen LogP contribution in [0.3, 0.4) is 0 Å². The van der Waals surface area contributed by atoms with Gasteiger partial charge < -0.3 is 15.4 Å². The molecular formula is C16H16F2N2O2. The second-order valence-corrected chi connectivity index (χ2v) is 4.52. The van der Waals surface area contributed by atoms with Crippen molar-refractivity contribution in [2.45, 2.75) is 6.54 Å². The van der Waals surface area contributed by atoms with E-state index in [2.05, 4.69) is 10.6 Å². The molecule has 22 heavy (non-hydrogen) atoms. The van der Waals surface area contributed by atoms with Crippen LogP contribution in [0.1, 0.15) is 5.56 Å². The van der Waals surface area contributed by atoms with E-state index in [0.29, 0.717) is 6.54 Å². The van der Waals surface area contributed by atoms with Gasteiger partial charge in [0.25, 0.3) is 0 Å². The topological polar surface area (TPSA) is 50.4 Å². The van der Waals surface area contributed by atoms with Crippen molar-refractivity contribution in [2.75, 3.05) is 13.2 Å². The van der Waals surface area contributed by atoms with Crippen LogP contribution >= 0.6 is 0 Å². The summed E-state index contributed by atoms with van der Waals surface area (Å²) in [6.45, 7) is 0.833. The Balaban J connectivity index is 1.63. The van der Waals surface area contributed by atoms with Gasteiger partial charge >= 0.3 is 6.03 Å². The van der Waals surface area contributed by atoms with Crippen molar-refractivity contribution in [3.05, 3.63) is 65.7 Å². The normalized spacial score (nSPS) is 10.1. The van der Waals surface area contributed by atoms with Crippen LogP contribution in [-0.4, -0.2) is 19.2 Å². The zero-order valence-electron chi connectivity index (χ0n) is 11.8. The highest BCUT2D eigenvalue weighted by Crippen LogP contribution is 2.14. The molecule has 0 aliphatic rings. The SMILES string of the molecule is O=C(NCCOc1ccc(F)c(F)c1)NCc1ccccc1. The van der Waals surface area contributed by atoms with Gasteiger partial charge in [-0.25, -0.2) is 13.6 Å². The van der Waals surface area contributed by atoms with Crippen molar-refractivity contribution >= 4 is 6.03 Å².